The first-order valence-corrected chi connectivity index (χ1v) is 12.6. The van der Waals surface area contributed by atoms with E-state index < -0.39 is 10.0 Å². The largest absolute Gasteiger partial charge is 0.379 e. The standard InChI is InChI=1S/C24H26N6O3S/c1-3-29-16-20(19-6-8-25-15-22(19)29)21-7-9-26-24(28-21)27-18-5-4-17(2)23(14-18)34(31,32)30-10-12-33-13-11-30/h4-9,14-16H,3,10-13H2,1-2H3,(H,26,27,28). The summed E-state index contributed by atoms with van der Waals surface area (Å²) in [5.74, 6) is 0.391. The molecule has 9 nitrogen and oxygen atoms in total. The molecule has 0 spiro atoms. The molecule has 4 heterocycles. The Hall–Kier alpha value is -3.34. The molecule has 0 amide bonds. The second-order valence-electron chi connectivity index (χ2n) is 8.11. The van der Waals surface area contributed by atoms with Gasteiger partial charge in [0.05, 0.1) is 35.5 Å². The summed E-state index contributed by atoms with van der Waals surface area (Å²) in [5, 5.41) is 4.24. The summed E-state index contributed by atoms with van der Waals surface area (Å²) in [7, 11) is -3.62. The van der Waals surface area contributed by atoms with Crippen LogP contribution in [0.4, 0.5) is 11.6 Å². The molecule has 0 unspecified atom stereocenters. The molecule has 0 radical (unpaired) electrons. The fraction of sp³-hybridized carbons (Fsp3) is 0.292. The first-order chi connectivity index (χ1) is 16.5. The van der Waals surface area contributed by atoms with Crippen LogP contribution in [0.15, 0.2) is 60.0 Å². The number of hydrogen-bond acceptors (Lipinski definition) is 7. The van der Waals surface area contributed by atoms with E-state index in [0.717, 1.165) is 28.7 Å². The van der Waals surface area contributed by atoms with Crippen LogP contribution in [0.1, 0.15) is 12.5 Å². The monoisotopic (exact) mass is 478 g/mol. The van der Waals surface area contributed by atoms with Crippen LogP contribution in [-0.2, 0) is 21.3 Å². The Morgan fingerprint density at radius 3 is 2.74 bits per heavy atom. The third-order valence-corrected chi connectivity index (χ3v) is 8.03. The zero-order chi connectivity index (χ0) is 23.7. The lowest BCUT2D eigenvalue weighted by atomic mass is 10.1. The number of hydrogen-bond donors (Lipinski definition) is 1. The molecule has 0 saturated carbocycles. The lowest BCUT2D eigenvalue weighted by Gasteiger charge is -2.26. The van der Waals surface area contributed by atoms with Crippen LogP contribution in [0.2, 0.25) is 0 Å². The minimum Gasteiger partial charge on any atom is -0.379 e. The molecular weight excluding hydrogens is 452 g/mol. The van der Waals surface area contributed by atoms with Crippen molar-refractivity contribution < 1.29 is 13.2 Å². The zero-order valence-corrected chi connectivity index (χ0v) is 19.9. The van der Waals surface area contributed by atoms with E-state index in [9.17, 15) is 8.42 Å². The van der Waals surface area contributed by atoms with Crippen molar-refractivity contribution in [2.24, 2.45) is 0 Å². The summed E-state index contributed by atoms with van der Waals surface area (Å²) in [5.41, 5.74) is 4.10. The van der Waals surface area contributed by atoms with E-state index in [4.69, 9.17) is 9.72 Å². The number of morpholine rings is 1. The normalized spacial score (nSPS) is 15.0. The number of sulfonamides is 1. The highest BCUT2D eigenvalue weighted by Crippen LogP contribution is 2.30. The van der Waals surface area contributed by atoms with Crippen molar-refractivity contribution in [3.8, 4) is 11.3 Å². The highest BCUT2D eigenvalue weighted by Gasteiger charge is 2.28. The Morgan fingerprint density at radius 2 is 1.94 bits per heavy atom. The molecule has 1 aliphatic rings. The van der Waals surface area contributed by atoms with Crippen molar-refractivity contribution >= 4 is 32.6 Å². The predicted octanol–water partition coefficient (Wildman–Crippen LogP) is 3.59. The maximum atomic E-state index is 13.2. The van der Waals surface area contributed by atoms with E-state index in [1.165, 1.54) is 4.31 Å². The van der Waals surface area contributed by atoms with Gasteiger partial charge in [-0.3, -0.25) is 4.98 Å². The van der Waals surface area contributed by atoms with Crippen LogP contribution < -0.4 is 5.32 Å². The fourth-order valence-corrected chi connectivity index (χ4v) is 5.84. The smallest absolute Gasteiger partial charge is 0.243 e. The van der Waals surface area contributed by atoms with Gasteiger partial charge in [-0.2, -0.15) is 4.31 Å². The Morgan fingerprint density at radius 1 is 1.12 bits per heavy atom. The number of nitrogens with one attached hydrogen (secondary N) is 1. The summed E-state index contributed by atoms with van der Waals surface area (Å²) >= 11 is 0. The van der Waals surface area contributed by atoms with Crippen molar-refractivity contribution in [3.05, 3.63) is 60.7 Å². The molecule has 0 aliphatic carbocycles. The molecule has 1 aromatic carbocycles. The molecule has 1 N–H and O–H groups in total. The van der Waals surface area contributed by atoms with Gasteiger partial charge in [0, 0.05) is 54.9 Å². The van der Waals surface area contributed by atoms with Crippen molar-refractivity contribution in [2.75, 3.05) is 31.6 Å². The molecule has 1 saturated heterocycles. The van der Waals surface area contributed by atoms with Crippen LogP contribution in [0.5, 0.6) is 0 Å². The first-order valence-electron chi connectivity index (χ1n) is 11.2. The number of aryl methyl sites for hydroxylation is 2. The van der Waals surface area contributed by atoms with Crippen LogP contribution in [-0.4, -0.2) is 58.5 Å². The van der Waals surface area contributed by atoms with Gasteiger partial charge in [0.15, 0.2) is 0 Å². The van der Waals surface area contributed by atoms with Crippen LogP contribution in [0.3, 0.4) is 0 Å². The van der Waals surface area contributed by atoms with E-state index in [2.05, 4.69) is 33.0 Å². The molecular formula is C24H26N6O3S. The summed E-state index contributed by atoms with van der Waals surface area (Å²) < 4.78 is 35.3. The second-order valence-corrected chi connectivity index (χ2v) is 10.0. The second kappa shape index (κ2) is 9.13. The maximum Gasteiger partial charge on any atom is 0.243 e. The summed E-state index contributed by atoms with van der Waals surface area (Å²) in [6.07, 6.45) is 7.39. The fourth-order valence-electron chi connectivity index (χ4n) is 4.18. The minimum atomic E-state index is -3.62. The van der Waals surface area contributed by atoms with E-state index in [1.807, 2.05) is 24.4 Å². The Balaban J connectivity index is 1.47. The topological polar surface area (TPSA) is 102 Å². The number of aromatic nitrogens is 4. The molecule has 34 heavy (non-hydrogen) atoms. The summed E-state index contributed by atoms with van der Waals surface area (Å²) in [4.78, 5) is 13.6. The number of benzene rings is 1. The number of rotatable bonds is 6. The molecule has 1 fully saturated rings. The van der Waals surface area contributed by atoms with Gasteiger partial charge in [0.2, 0.25) is 16.0 Å². The molecule has 0 atom stereocenters. The lowest BCUT2D eigenvalue weighted by molar-refractivity contribution is 0.0730. The van der Waals surface area contributed by atoms with Gasteiger partial charge in [-0.25, -0.2) is 18.4 Å². The average molecular weight is 479 g/mol. The maximum absolute atomic E-state index is 13.2. The SMILES string of the molecule is CCn1cc(-c2ccnc(Nc3ccc(C)c(S(=O)(=O)N4CCOCC4)c3)n2)c2ccncc21. The van der Waals surface area contributed by atoms with Gasteiger partial charge in [-0.1, -0.05) is 6.07 Å². The first kappa shape index (κ1) is 22.5. The van der Waals surface area contributed by atoms with Crippen molar-refractivity contribution in [1.82, 2.24) is 23.8 Å². The molecule has 176 valence electrons. The van der Waals surface area contributed by atoms with Crippen LogP contribution in [0, 0.1) is 6.92 Å². The zero-order valence-electron chi connectivity index (χ0n) is 19.1. The highest BCUT2D eigenvalue weighted by atomic mass is 32.2. The summed E-state index contributed by atoms with van der Waals surface area (Å²) in [6.45, 7) is 6.22. The van der Waals surface area contributed by atoms with E-state index in [1.54, 1.807) is 31.5 Å². The van der Waals surface area contributed by atoms with Gasteiger partial charge < -0.3 is 14.6 Å². The van der Waals surface area contributed by atoms with Crippen LogP contribution >= 0.6 is 0 Å². The van der Waals surface area contributed by atoms with Crippen LogP contribution in [0.25, 0.3) is 22.2 Å². The van der Waals surface area contributed by atoms with Gasteiger partial charge in [0.1, 0.15) is 0 Å². The molecule has 4 aromatic rings. The van der Waals surface area contributed by atoms with Crippen molar-refractivity contribution in [2.45, 2.75) is 25.3 Å². The third kappa shape index (κ3) is 4.15. The number of nitrogens with zero attached hydrogens (tertiary/aromatic N) is 5. The predicted molar refractivity (Wildman–Crippen MR) is 130 cm³/mol. The number of ether oxygens (including phenoxy) is 1. The highest BCUT2D eigenvalue weighted by molar-refractivity contribution is 7.89. The van der Waals surface area contributed by atoms with E-state index >= 15 is 0 Å². The molecule has 5 rings (SSSR count). The molecule has 3 aromatic heterocycles. The third-order valence-electron chi connectivity index (χ3n) is 5.99. The molecule has 10 heteroatoms. The number of fused-ring (bicyclic) bond motifs is 1. The lowest BCUT2D eigenvalue weighted by Crippen LogP contribution is -2.40. The van der Waals surface area contributed by atoms with E-state index in [-0.39, 0.29) is 4.90 Å². The molecule has 1 aliphatic heterocycles. The van der Waals surface area contributed by atoms with Crippen molar-refractivity contribution in [1.29, 1.82) is 0 Å². The van der Waals surface area contributed by atoms with Gasteiger partial charge >= 0.3 is 0 Å². The Labute approximate surface area is 198 Å². The Kier molecular flexibility index (Phi) is 6.03. The number of pyridine rings is 1. The quantitative estimate of drug-likeness (QED) is 0.452. The summed E-state index contributed by atoms with van der Waals surface area (Å²) in [6, 6.07) is 9.11. The molecule has 0 bridgehead atoms. The van der Waals surface area contributed by atoms with Gasteiger partial charge in [0.25, 0.3) is 0 Å². The number of anilines is 2. The van der Waals surface area contributed by atoms with Gasteiger partial charge in [-0.15, -0.1) is 0 Å². The van der Waals surface area contributed by atoms with E-state index in [0.29, 0.717) is 43.5 Å². The van der Waals surface area contributed by atoms with Gasteiger partial charge in [-0.05, 0) is 43.7 Å². The Bertz CT molecular complexity index is 1440. The minimum absolute atomic E-state index is 0.272. The average Bonchev–Trinajstić information content (AvgIpc) is 3.25. The van der Waals surface area contributed by atoms with Crippen molar-refractivity contribution in [3.63, 3.8) is 0 Å².